The van der Waals surface area contributed by atoms with E-state index >= 15 is 0 Å². The topological polar surface area (TPSA) is 39.1 Å². The van der Waals surface area contributed by atoms with Gasteiger partial charge in [0.1, 0.15) is 0 Å². The van der Waals surface area contributed by atoms with Crippen LogP contribution in [0.25, 0.3) is 0 Å². The molecular weight excluding hydrogens is 274 g/mol. The Labute approximate surface area is 127 Å². The summed E-state index contributed by atoms with van der Waals surface area (Å²) in [4.78, 5) is 0. The first kappa shape index (κ1) is 17.5. The average Bonchev–Trinajstić information content (AvgIpc) is 2.69. The summed E-state index contributed by atoms with van der Waals surface area (Å²) in [7, 11) is 1.96. The van der Waals surface area contributed by atoms with Crippen molar-refractivity contribution >= 4 is 11.6 Å². The van der Waals surface area contributed by atoms with Gasteiger partial charge in [0.15, 0.2) is 0 Å². The molecule has 1 aromatic heterocycles. The number of hydrogen-bond acceptors (Lipinski definition) is 3. The molecular formula is C15H28ClN3O. The van der Waals surface area contributed by atoms with E-state index in [1.54, 1.807) is 0 Å². The molecule has 1 aromatic rings. The molecule has 0 aliphatic carbocycles. The molecule has 0 spiro atoms. The minimum absolute atomic E-state index is 0.127. The number of nitrogens with zero attached hydrogens (tertiary/aromatic N) is 2. The second-order valence-corrected chi connectivity index (χ2v) is 6.37. The summed E-state index contributed by atoms with van der Waals surface area (Å²) in [6.07, 6.45) is 1.69. The Balaban J connectivity index is 2.81. The standard InChI is InChI=1S/C15H28ClN3O/c1-7-12-14(16)13(19(8-2)18-12)9-11(17-6)10-20-15(3,4)5/h11,17H,7-10H2,1-6H3. The van der Waals surface area contributed by atoms with Crippen LogP contribution < -0.4 is 5.32 Å². The van der Waals surface area contributed by atoms with Crippen LogP contribution in [0.15, 0.2) is 0 Å². The molecule has 1 heterocycles. The zero-order valence-electron chi connectivity index (χ0n) is 13.6. The summed E-state index contributed by atoms with van der Waals surface area (Å²) >= 11 is 6.45. The van der Waals surface area contributed by atoms with Crippen molar-refractivity contribution in [3.8, 4) is 0 Å². The van der Waals surface area contributed by atoms with Crippen molar-refractivity contribution in [3.05, 3.63) is 16.4 Å². The van der Waals surface area contributed by atoms with E-state index < -0.39 is 0 Å². The maximum atomic E-state index is 6.45. The molecule has 1 N–H and O–H groups in total. The molecule has 4 nitrogen and oxygen atoms in total. The normalized spacial score (nSPS) is 13.8. The van der Waals surface area contributed by atoms with Gasteiger partial charge in [-0.2, -0.15) is 5.10 Å². The first-order valence-corrected chi connectivity index (χ1v) is 7.75. The summed E-state index contributed by atoms with van der Waals surface area (Å²) in [5.41, 5.74) is 1.95. The van der Waals surface area contributed by atoms with Gasteiger partial charge in [-0.25, -0.2) is 0 Å². The van der Waals surface area contributed by atoms with Crippen LogP contribution >= 0.6 is 11.6 Å². The van der Waals surface area contributed by atoms with Crippen molar-refractivity contribution in [1.82, 2.24) is 15.1 Å². The largest absolute Gasteiger partial charge is 0.374 e. The van der Waals surface area contributed by atoms with Gasteiger partial charge in [0.2, 0.25) is 0 Å². The highest BCUT2D eigenvalue weighted by molar-refractivity contribution is 6.31. The minimum Gasteiger partial charge on any atom is -0.374 e. The second kappa shape index (κ2) is 7.43. The van der Waals surface area contributed by atoms with E-state index in [1.807, 2.05) is 11.7 Å². The van der Waals surface area contributed by atoms with Gasteiger partial charge in [0.05, 0.1) is 28.6 Å². The Morgan fingerprint density at radius 3 is 2.45 bits per heavy atom. The Morgan fingerprint density at radius 2 is 2.00 bits per heavy atom. The van der Waals surface area contributed by atoms with E-state index in [1.165, 1.54) is 0 Å². The van der Waals surface area contributed by atoms with E-state index in [9.17, 15) is 0 Å². The number of halogens is 1. The Kier molecular flexibility index (Phi) is 6.49. The van der Waals surface area contributed by atoms with Crippen molar-refractivity contribution in [2.75, 3.05) is 13.7 Å². The summed E-state index contributed by atoms with van der Waals surface area (Å²) in [6, 6.07) is 0.235. The molecule has 1 unspecified atom stereocenters. The maximum absolute atomic E-state index is 6.45. The second-order valence-electron chi connectivity index (χ2n) is 5.99. The zero-order chi connectivity index (χ0) is 15.3. The van der Waals surface area contributed by atoms with Crippen molar-refractivity contribution in [2.45, 2.75) is 65.6 Å². The van der Waals surface area contributed by atoms with Gasteiger partial charge in [-0.1, -0.05) is 18.5 Å². The lowest BCUT2D eigenvalue weighted by molar-refractivity contribution is -0.0136. The van der Waals surface area contributed by atoms with Gasteiger partial charge in [-0.3, -0.25) is 4.68 Å². The monoisotopic (exact) mass is 301 g/mol. The van der Waals surface area contributed by atoms with E-state index in [4.69, 9.17) is 16.3 Å². The van der Waals surface area contributed by atoms with E-state index in [-0.39, 0.29) is 11.6 Å². The van der Waals surface area contributed by atoms with Gasteiger partial charge in [0.25, 0.3) is 0 Å². The first-order valence-electron chi connectivity index (χ1n) is 7.37. The number of ether oxygens (including phenoxy) is 1. The van der Waals surface area contributed by atoms with E-state index in [0.29, 0.717) is 6.61 Å². The van der Waals surface area contributed by atoms with Crippen LogP contribution in [0.1, 0.15) is 46.0 Å². The number of rotatable bonds is 7. The number of nitrogens with one attached hydrogen (secondary N) is 1. The third-order valence-electron chi connectivity index (χ3n) is 3.26. The van der Waals surface area contributed by atoms with Gasteiger partial charge in [-0.15, -0.1) is 0 Å². The number of likely N-dealkylation sites (N-methyl/N-ethyl adjacent to an activating group) is 1. The van der Waals surface area contributed by atoms with Crippen LogP contribution in [-0.4, -0.2) is 35.1 Å². The summed E-state index contributed by atoms with van der Waals surface area (Å²) in [5.74, 6) is 0. The van der Waals surface area contributed by atoms with Crippen molar-refractivity contribution < 1.29 is 4.74 Å². The highest BCUT2D eigenvalue weighted by atomic mass is 35.5. The average molecular weight is 302 g/mol. The number of hydrogen-bond donors (Lipinski definition) is 1. The molecule has 5 heteroatoms. The molecule has 1 rings (SSSR count). The molecule has 0 radical (unpaired) electrons. The lowest BCUT2D eigenvalue weighted by Crippen LogP contribution is -2.36. The Morgan fingerprint density at radius 1 is 1.35 bits per heavy atom. The lowest BCUT2D eigenvalue weighted by atomic mass is 10.1. The maximum Gasteiger partial charge on any atom is 0.0850 e. The molecule has 0 saturated heterocycles. The van der Waals surface area contributed by atoms with Crippen LogP contribution in [-0.2, 0) is 24.1 Å². The fraction of sp³-hybridized carbons (Fsp3) is 0.800. The third-order valence-corrected chi connectivity index (χ3v) is 3.70. The summed E-state index contributed by atoms with van der Waals surface area (Å²) in [6.45, 7) is 11.9. The molecule has 20 heavy (non-hydrogen) atoms. The molecule has 0 saturated carbocycles. The van der Waals surface area contributed by atoms with Crippen LogP contribution in [0.4, 0.5) is 0 Å². The molecule has 116 valence electrons. The lowest BCUT2D eigenvalue weighted by Gasteiger charge is -2.24. The highest BCUT2D eigenvalue weighted by Crippen LogP contribution is 2.23. The first-order chi connectivity index (χ1) is 9.32. The van der Waals surface area contributed by atoms with Crippen LogP contribution in [0.2, 0.25) is 5.02 Å². The third kappa shape index (κ3) is 4.76. The van der Waals surface area contributed by atoms with E-state index in [0.717, 1.165) is 35.8 Å². The molecule has 0 aromatic carbocycles. The molecule has 0 amide bonds. The van der Waals surface area contributed by atoms with Gasteiger partial charge in [-0.05, 0) is 41.2 Å². The fourth-order valence-electron chi connectivity index (χ4n) is 2.04. The molecule has 0 aliphatic rings. The molecule has 1 atom stereocenters. The van der Waals surface area contributed by atoms with E-state index in [2.05, 4.69) is 45.0 Å². The van der Waals surface area contributed by atoms with Gasteiger partial charge in [0, 0.05) is 19.0 Å². The van der Waals surface area contributed by atoms with Crippen LogP contribution in [0, 0.1) is 0 Å². The molecule has 0 fully saturated rings. The molecule has 0 aliphatic heterocycles. The minimum atomic E-state index is -0.127. The summed E-state index contributed by atoms with van der Waals surface area (Å²) < 4.78 is 7.87. The summed E-state index contributed by atoms with van der Waals surface area (Å²) in [5, 5.41) is 8.67. The zero-order valence-corrected chi connectivity index (χ0v) is 14.3. The predicted octanol–water partition coefficient (Wildman–Crippen LogP) is 3.06. The van der Waals surface area contributed by atoms with Crippen LogP contribution in [0.5, 0.6) is 0 Å². The SMILES string of the molecule is CCc1nn(CC)c(CC(COC(C)(C)C)NC)c1Cl. The van der Waals surface area contributed by atoms with Gasteiger partial charge >= 0.3 is 0 Å². The van der Waals surface area contributed by atoms with Crippen molar-refractivity contribution in [1.29, 1.82) is 0 Å². The van der Waals surface area contributed by atoms with Crippen molar-refractivity contribution in [3.63, 3.8) is 0 Å². The quantitative estimate of drug-likeness (QED) is 0.841. The fourth-order valence-corrected chi connectivity index (χ4v) is 2.39. The smallest absolute Gasteiger partial charge is 0.0850 e. The Hall–Kier alpha value is -0.580. The number of aromatic nitrogens is 2. The molecule has 0 bridgehead atoms. The number of aryl methyl sites for hydroxylation is 2. The van der Waals surface area contributed by atoms with Crippen LogP contribution in [0.3, 0.4) is 0 Å². The van der Waals surface area contributed by atoms with Gasteiger partial charge < -0.3 is 10.1 Å². The highest BCUT2D eigenvalue weighted by Gasteiger charge is 2.20. The Bertz CT molecular complexity index is 423. The predicted molar refractivity (Wildman–Crippen MR) is 84.5 cm³/mol. The van der Waals surface area contributed by atoms with Crippen molar-refractivity contribution in [2.24, 2.45) is 0 Å².